The fourth-order valence-electron chi connectivity index (χ4n) is 1.39. The number of carbonyl (C=O) groups is 1. The van der Waals surface area contributed by atoms with Gasteiger partial charge in [0, 0.05) is 35.4 Å². The molecule has 19 heavy (non-hydrogen) atoms. The molecule has 0 bridgehead atoms. The second-order valence-corrected chi connectivity index (χ2v) is 5.98. The molecule has 1 aromatic heterocycles. The molecule has 0 saturated carbocycles. The van der Waals surface area contributed by atoms with Crippen molar-refractivity contribution < 1.29 is 9.00 Å². The van der Waals surface area contributed by atoms with Gasteiger partial charge in [0.15, 0.2) is 0 Å². The van der Waals surface area contributed by atoms with Crippen LogP contribution in [0.3, 0.4) is 0 Å². The average Bonchev–Trinajstić information content (AvgIpc) is 2.39. The first kappa shape index (κ1) is 15.6. The maximum absolute atomic E-state index is 11.8. The van der Waals surface area contributed by atoms with Crippen LogP contribution in [0.5, 0.6) is 0 Å². The van der Waals surface area contributed by atoms with E-state index in [2.05, 4.69) is 20.6 Å². The van der Waals surface area contributed by atoms with E-state index in [4.69, 9.17) is 0 Å². The molecule has 7 heteroatoms. The average molecular weight is 284 g/mol. The van der Waals surface area contributed by atoms with E-state index in [1.807, 2.05) is 13.8 Å². The zero-order chi connectivity index (χ0) is 14.3. The monoisotopic (exact) mass is 284 g/mol. The smallest absolute Gasteiger partial charge is 0.271 e. The Balaban J connectivity index is 2.49. The van der Waals surface area contributed by atoms with Crippen molar-refractivity contribution in [1.29, 1.82) is 0 Å². The number of anilines is 1. The first-order valence-electron chi connectivity index (χ1n) is 6.21. The van der Waals surface area contributed by atoms with E-state index >= 15 is 0 Å². The molecule has 1 rings (SSSR count). The van der Waals surface area contributed by atoms with Gasteiger partial charge in [0.1, 0.15) is 11.5 Å². The second-order valence-electron chi connectivity index (χ2n) is 4.17. The van der Waals surface area contributed by atoms with Crippen molar-refractivity contribution in [3.8, 4) is 0 Å². The van der Waals surface area contributed by atoms with Crippen LogP contribution >= 0.6 is 0 Å². The van der Waals surface area contributed by atoms with Crippen LogP contribution in [0.2, 0.25) is 0 Å². The highest BCUT2D eigenvalue weighted by Gasteiger charge is 2.10. The molecule has 2 N–H and O–H groups in total. The summed E-state index contributed by atoms with van der Waals surface area (Å²) in [5.41, 5.74) is 0.281. The number of nitrogens with one attached hydrogen (secondary N) is 2. The minimum atomic E-state index is -0.865. The third-order valence-corrected chi connectivity index (χ3v) is 4.00. The van der Waals surface area contributed by atoms with Crippen molar-refractivity contribution in [2.45, 2.75) is 25.5 Å². The SMILES string of the molecule is CCNc1cncc(C(=O)NCCC(C)S(C)=O)n1. The van der Waals surface area contributed by atoms with Crippen LogP contribution in [0.4, 0.5) is 5.82 Å². The van der Waals surface area contributed by atoms with E-state index in [-0.39, 0.29) is 16.9 Å². The van der Waals surface area contributed by atoms with Gasteiger partial charge < -0.3 is 10.6 Å². The van der Waals surface area contributed by atoms with Gasteiger partial charge in [-0.1, -0.05) is 6.92 Å². The molecule has 1 heterocycles. The first-order valence-corrected chi connectivity index (χ1v) is 7.83. The van der Waals surface area contributed by atoms with E-state index < -0.39 is 10.8 Å². The molecule has 0 aromatic carbocycles. The van der Waals surface area contributed by atoms with E-state index in [0.29, 0.717) is 18.8 Å². The van der Waals surface area contributed by atoms with Crippen LogP contribution in [-0.2, 0) is 10.8 Å². The quantitative estimate of drug-likeness (QED) is 0.773. The number of carbonyl (C=O) groups excluding carboxylic acids is 1. The van der Waals surface area contributed by atoms with Crippen molar-refractivity contribution in [2.24, 2.45) is 0 Å². The lowest BCUT2D eigenvalue weighted by Crippen LogP contribution is -2.28. The Kier molecular flexibility index (Phi) is 6.41. The van der Waals surface area contributed by atoms with Crippen LogP contribution in [0, 0.1) is 0 Å². The Morgan fingerprint density at radius 1 is 1.47 bits per heavy atom. The van der Waals surface area contributed by atoms with Gasteiger partial charge in [-0.2, -0.15) is 0 Å². The summed E-state index contributed by atoms with van der Waals surface area (Å²) in [6.45, 7) is 5.04. The van der Waals surface area contributed by atoms with Crippen molar-refractivity contribution >= 4 is 22.5 Å². The van der Waals surface area contributed by atoms with Crippen molar-refractivity contribution in [1.82, 2.24) is 15.3 Å². The molecule has 0 aliphatic carbocycles. The van der Waals surface area contributed by atoms with E-state index in [0.717, 1.165) is 6.54 Å². The molecule has 0 aliphatic rings. The number of nitrogens with zero attached hydrogens (tertiary/aromatic N) is 2. The third-order valence-electron chi connectivity index (χ3n) is 2.63. The minimum Gasteiger partial charge on any atom is -0.369 e. The molecule has 1 aromatic rings. The van der Waals surface area contributed by atoms with Gasteiger partial charge in [0.25, 0.3) is 5.91 Å². The fraction of sp³-hybridized carbons (Fsp3) is 0.583. The summed E-state index contributed by atoms with van der Waals surface area (Å²) in [6.07, 6.45) is 5.34. The molecular weight excluding hydrogens is 264 g/mol. The number of aromatic nitrogens is 2. The highest BCUT2D eigenvalue weighted by molar-refractivity contribution is 7.84. The highest BCUT2D eigenvalue weighted by atomic mass is 32.2. The molecule has 106 valence electrons. The summed E-state index contributed by atoms with van der Waals surface area (Å²) in [5, 5.41) is 5.82. The maximum Gasteiger partial charge on any atom is 0.271 e. The van der Waals surface area contributed by atoms with Gasteiger partial charge in [-0.05, 0) is 13.3 Å². The molecule has 0 fully saturated rings. The summed E-state index contributed by atoms with van der Waals surface area (Å²) in [7, 11) is -0.865. The zero-order valence-electron chi connectivity index (χ0n) is 11.5. The lowest BCUT2D eigenvalue weighted by Gasteiger charge is -2.09. The number of rotatable bonds is 7. The van der Waals surface area contributed by atoms with Gasteiger partial charge in [-0.25, -0.2) is 4.98 Å². The van der Waals surface area contributed by atoms with E-state index in [9.17, 15) is 9.00 Å². The molecule has 0 saturated heterocycles. The standard InChI is InChI=1S/C12H20N4O2S/c1-4-14-11-8-13-7-10(16-11)12(17)15-6-5-9(2)19(3)18/h7-9H,4-6H2,1-3H3,(H,14,16)(H,15,17). The second kappa shape index (κ2) is 7.83. The number of hydrogen-bond donors (Lipinski definition) is 2. The van der Waals surface area contributed by atoms with Gasteiger partial charge in [-0.15, -0.1) is 0 Å². The fourth-order valence-corrected chi connectivity index (χ4v) is 1.84. The number of hydrogen-bond acceptors (Lipinski definition) is 5. The molecule has 0 spiro atoms. The van der Waals surface area contributed by atoms with Crippen LogP contribution in [0.15, 0.2) is 12.4 Å². The predicted molar refractivity (Wildman–Crippen MR) is 76.7 cm³/mol. The summed E-state index contributed by atoms with van der Waals surface area (Å²) in [5.74, 6) is 0.319. The predicted octanol–water partition coefficient (Wildman–Crippen LogP) is 0.795. The van der Waals surface area contributed by atoms with Crippen LogP contribution in [-0.4, -0.2) is 44.7 Å². The number of amides is 1. The minimum absolute atomic E-state index is 0.0690. The molecule has 2 unspecified atom stereocenters. The van der Waals surface area contributed by atoms with Gasteiger partial charge in [0.05, 0.1) is 12.4 Å². The Bertz CT molecular complexity index is 453. The third kappa shape index (κ3) is 5.34. The lowest BCUT2D eigenvalue weighted by atomic mass is 10.3. The Morgan fingerprint density at radius 3 is 2.84 bits per heavy atom. The Hall–Kier alpha value is -1.50. The highest BCUT2D eigenvalue weighted by Crippen LogP contribution is 2.02. The topological polar surface area (TPSA) is 84.0 Å². The molecular formula is C12H20N4O2S. The van der Waals surface area contributed by atoms with Crippen LogP contribution < -0.4 is 10.6 Å². The summed E-state index contributed by atoms with van der Waals surface area (Å²) >= 11 is 0. The largest absolute Gasteiger partial charge is 0.369 e. The molecule has 0 radical (unpaired) electrons. The van der Waals surface area contributed by atoms with Crippen LogP contribution in [0.1, 0.15) is 30.8 Å². The van der Waals surface area contributed by atoms with Gasteiger partial charge >= 0.3 is 0 Å². The Labute approximate surface area is 115 Å². The summed E-state index contributed by atoms with van der Waals surface area (Å²) < 4.78 is 11.2. The maximum atomic E-state index is 11.8. The lowest BCUT2D eigenvalue weighted by molar-refractivity contribution is 0.0948. The van der Waals surface area contributed by atoms with Crippen molar-refractivity contribution in [3.05, 3.63) is 18.1 Å². The molecule has 0 aliphatic heterocycles. The van der Waals surface area contributed by atoms with E-state index in [1.54, 1.807) is 12.5 Å². The zero-order valence-corrected chi connectivity index (χ0v) is 12.3. The molecule has 6 nitrogen and oxygen atoms in total. The van der Waals surface area contributed by atoms with Crippen molar-refractivity contribution in [3.63, 3.8) is 0 Å². The van der Waals surface area contributed by atoms with Gasteiger partial charge in [0.2, 0.25) is 0 Å². The normalized spacial score (nSPS) is 13.6. The molecule has 1 amide bonds. The van der Waals surface area contributed by atoms with E-state index in [1.165, 1.54) is 6.20 Å². The van der Waals surface area contributed by atoms with Gasteiger partial charge in [-0.3, -0.25) is 14.0 Å². The first-order chi connectivity index (χ1) is 9.04. The summed E-state index contributed by atoms with van der Waals surface area (Å²) in [4.78, 5) is 19.9. The summed E-state index contributed by atoms with van der Waals surface area (Å²) in [6, 6.07) is 0. The molecule has 2 atom stereocenters. The van der Waals surface area contributed by atoms with Crippen molar-refractivity contribution in [2.75, 3.05) is 24.7 Å². The van der Waals surface area contributed by atoms with Crippen LogP contribution in [0.25, 0.3) is 0 Å². The Morgan fingerprint density at radius 2 is 2.21 bits per heavy atom.